The Labute approximate surface area is 148 Å². The summed E-state index contributed by atoms with van der Waals surface area (Å²) in [5.74, 6) is 2.97. The molecule has 4 nitrogen and oxygen atoms in total. The molecule has 2 aromatic rings. The number of carbonyl (C=O) groups is 1. The lowest BCUT2D eigenvalue weighted by Crippen LogP contribution is -2.01. The number of benzene rings is 2. The van der Waals surface area contributed by atoms with Crippen molar-refractivity contribution in [3.05, 3.63) is 65.4 Å². The second kappa shape index (κ2) is 7.88. The van der Waals surface area contributed by atoms with E-state index in [9.17, 15) is 4.79 Å². The van der Waals surface area contributed by atoms with Crippen LogP contribution in [-0.4, -0.2) is 20.0 Å². The van der Waals surface area contributed by atoms with Gasteiger partial charge in [0.05, 0.1) is 20.0 Å². The van der Waals surface area contributed by atoms with Crippen molar-refractivity contribution in [3.63, 3.8) is 0 Å². The first kappa shape index (κ1) is 17.1. The van der Waals surface area contributed by atoms with Crippen molar-refractivity contribution < 1.29 is 19.0 Å². The number of hydrogen-bond donors (Lipinski definition) is 0. The summed E-state index contributed by atoms with van der Waals surface area (Å²) in [5, 5.41) is 0. The van der Waals surface area contributed by atoms with E-state index in [1.807, 2.05) is 42.5 Å². The third kappa shape index (κ3) is 4.63. The number of hydrogen-bond acceptors (Lipinski definition) is 4. The van der Waals surface area contributed by atoms with Crippen LogP contribution in [0.1, 0.15) is 24.0 Å². The normalized spacial score (nSPS) is 14.8. The second-order valence-corrected chi connectivity index (χ2v) is 6.04. The fourth-order valence-electron chi connectivity index (χ4n) is 2.83. The Hall–Kier alpha value is -2.75. The number of aryl methyl sites for hydroxylation is 2. The fraction of sp³-hybridized carbons (Fsp3) is 0.286. The molecule has 130 valence electrons. The average Bonchev–Trinajstić information content (AvgIpc) is 2.64. The molecule has 2 heterocycles. The van der Waals surface area contributed by atoms with Gasteiger partial charge in [-0.3, -0.25) is 4.79 Å². The first-order valence-electron chi connectivity index (χ1n) is 8.38. The van der Waals surface area contributed by atoms with Gasteiger partial charge in [0.2, 0.25) is 0 Å². The zero-order valence-electron chi connectivity index (χ0n) is 14.6. The summed E-state index contributed by atoms with van der Waals surface area (Å²) in [4.78, 5) is 12.2. The molecule has 4 bridgehead atoms. The molecule has 0 fully saturated rings. The maximum Gasteiger partial charge on any atom is 0.159 e. The van der Waals surface area contributed by atoms with Crippen LogP contribution in [0.2, 0.25) is 0 Å². The molecule has 0 aromatic heterocycles. The van der Waals surface area contributed by atoms with Gasteiger partial charge >= 0.3 is 0 Å². The molecule has 0 spiro atoms. The highest BCUT2D eigenvalue weighted by Crippen LogP contribution is 2.28. The minimum atomic E-state index is 0.0618. The molecule has 0 N–H and O–H groups in total. The first-order valence-corrected chi connectivity index (χ1v) is 8.38. The van der Waals surface area contributed by atoms with E-state index >= 15 is 0 Å². The zero-order valence-corrected chi connectivity index (χ0v) is 14.6. The molecule has 0 saturated carbocycles. The minimum absolute atomic E-state index is 0.0618. The Bertz CT molecular complexity index is 775. The van der Waals surface area contributed by atoms with E-state index in [1.165, 1.54) is 5.56 Å². The summed E-state index contributed by atoms with van der Waals surface area (Å²) >= 11 is 0. The highest BCUT2D eigenvalue weighted by Gasteiger charge is 2.09. The Balaban J connectivity index is 1.96. The van der Waals surface area contributed by atoms with Gasteiger partial charge in [0.15, 0.2) is 5.78 Å². The number of ketones is 1. The van der Waals surface area contributed by atoms with E-state index in [-0.39, 0.29) is 5.78 Å². The summed E-state index contributed by atoms with van der Waals surface area (Å²) in [7, 11) is 3.23. The number of rotatable bonds is 2. The Morgan fingerprint density at radius 3 is 2.28 bits per heavy atom. The van der Waals surface area contributed by atoms with Crippen LogP contribution in [0.15, 0.2) is 54.3 Å². The van der Waals surface area contributed by atoms with Crippen molar-refractivity contribution in [1.29, 1.82) is 0 Å². The molecule has 0 radical (unpaired) electrons. The highest BCUT2D eigenvalue weighted by atomic mass is 16.5. The van der Waals surface area contributed by atoms with Gasteiger partial charge < -0.3 is 14.2 Å². The predicted molar refractivity (Wildman–Crippen MR) is 96.3 cm³/mol. The van der Waals surface area contributed by atoms with Gasteiger partial charge in [-0.25, -0.2) is 0 Å². The third-order valence-electron chi connectivity index (χ3n) is 4.24. The third-order valence-corrected chi connectivity index (χ3v) is 4.24. The van der Waals surface area contributed by atoms with Crippen molar-refractivity contribution in [2.45, 2.75) is 25.7 Å². The van der Waals surface area contributed by atoms with Crippen LogP contribution in [0.5, 0.6) is 17.2 Å². The lowest BCUT2D eigenvalue weighted by atomic mass is 10.1. The quantitative estimate of drug-likeness (QED) is 0.811. The van der Waals surface area contributed by atoms with Crippen LogP contribution in [0, 0.1) is 0 Å². The van der Waals surface area contributed by atoms with Crippen LogP contribution in [0.3, 0.4) is 0 Å². The number of carbonyl (C=O) groups excluding carboxylic acids is 1. The molecule has 0 unspecified atom stereocenters. The second-order valence-electron chi connectivity index (χ2n) is 6.04. The minimum Gasteiger partial charge on any atom is -0.501 e. The average molecular weight is 338 g/mol. The molecule has 4 heteroatoms. The standard InChI is InChI=1S/C21H22O4/c1-23-19-10-6-15-4-8-18(9-5-15)25-21-12-16(3-7-17(22)13-19)11-20(14-21)24-2/h4-5,8-9,11-14H,3,6-7,10H2,1-2H3. The first-order chi connectivity index (χ1) is 12.2. The maximum atomic E-state index is 12.2. The topological polar surface area (TPSA) is 44.8 Å². The van der Waals surface area contributed by atoms with Crippen molar-refractivity contribution in [3.8, 4) is 17.2 Å². The molecule has 4 rings (SSSR count). The summed E-state index contributed by atoms with van der Waals surface area (Å²) in [5.41, 5.74) is 2.17. The maximum absolute atomic E-state index is 12.2. The van der Waals surface area contributed by atoms with Crippen LogP contribution < -0.4 is 9.47 Å². The van der Waals surface area contributed by atoms with Crippen molar-refractivity contribution in [1.82, 2.24) is 0 Å². The molecular weight excluding hydrogens is 316 g/mol. The lowest BCUT2D eigenvalue weighted by molar-refractivity contribution is -0.114. The number of allylic oxidation sites excluding steroid dienone is 2. The van der Waals surface area contributed by atoms with E-state index < -0.39 is 0 Å². The smallest absolute Gasteiger partial charge is 0.159 e. The molecule has 0 saturated heterocycles. The van der Waals surface area contributed by atoms with Gasteiger partial charge in [0, 0.05) is 25.0 Å². The largest absolute Gasteiger partial charge is 0.501 e. The lowest BCUT2D eigenvalue weighted by Gasteiger charge is -2.11. The van der Waals surface area contributed by atoms with Gasteiger partial charge in [-0.05, 0) is 48.2 Å². The van der Waals surface area contributed by atoms with E-state index in [2.05, 4.69) is 0 Å². The van der Waals surface area contributed by atoms with E-state index in [0.29, 0.717) is 36.5 Å². The number of methoxy groups -OCH3 is 2. The Morgan fingerprint density at radius 1 is 0.800 bits per heavy atom. The van der Waals surface area contributed by atoms with Crippen LogP contribution in [0.4, 0.5) is 0 Å². The fourth-order valence-corrected chi connectivity index (χ4v) is 2.83. The summed E-state index contributed by atoms with van der Waals surface area (Å²) in [6.07, 6.45) is 4.17. The summed E-state index contributed by atoms with van der Waals surface area (Å²) < 4.78 is 16.7. The van der Waals surface area contributed by atoms with Gasteiger partial charge in [-0.15, -0.1) is 0 Å². The van der Waals surface area contributed by atoms with E-state index in [1.54, 1.807) is 20.3 Å². The molecule has 2 aromatic carbocycles. The SMILES string of the molecule is COC1=CC(=O)CCc2cc(OC)cc(c2)Oc2ccc(cc2)CC1. The highest BCUT2D eigenvalue weighted by molar-refractivity contribution is 5.90. The van der Waals surface area contributed by atoms with Crippen molar-refractivity contribution >= 4 is 5.78 Å². The van der Waals surface area contributed by atoms with Gasteiger partial charge in [0.1, 0.15) is 17.2 Å². The molecule has 0 aliphatic carbocycles. The Morgan fingerprint density at radius 2 is 1.56 bits per heavy atom. The zero-order chi connectivity index (χ0) is 17.6. The van der Waals surface area contributed by atoms with Gasteiger partial charge in [-0.2, -0.15) is 0 Å². The number of ether oxygens (including phenoxy) is 3. The van der Waals surface area contributed by atoms with Gasteiger partial charge in [0.25, 0.3) is 0 Å². The molecular formula is C21H22O4. The number of fused-ring (bicyclic) bond motifs is 7. The van der Waals surface area contributed by atoms with Crippen LogP contribution in [-0.2, 0) is 22.4 Å². The molecule has 2 aliphatic heterocycles. The molecule has 2 aliphatic rings. The van der Waals surface area contributed by atoms with Crippen molar-refractivity contribution in [2.24, 2.45) is 0 Å². The summed E-state index contributed by atoms with van der Waals surface area (Å²) in [6, 6.07) is 13.7. The Kier molecular flexibility index (Phi) is 5.39. The van der Waals surface area contributed by atoms with Crippen LogP contribution >= 0.6 is 0 Å². The van der Waals surface area contributed by atoms with E-state index in [0.717, 1.165) is 17.7 Å². The monoisotopic (exact) mass is 338 g/mol. The summed E-state index contributed by atoms with van der Waals surface area (Å²) in [6.45, 7) is 0. The van der Waals surface area contributed by atoms with E-state index in [4.69, 9.17) is 14.2 Å². The molecule has 0 amide bonds. The van der Waals surface area contributed by atoms with Gasteiger partial charge in [-0.1, -0.05) is 12.1 Å². The molecule has 25 heavy (non-hydrogen) atoms. The van der Waals surface area contributed by atoms with Crippen molar-refractivity contribution in [2.75, 3.05) is 14.2 Å². The van der Waals surface area contributed by atoms with Crippen LogP contribution in [0.25, 0.3) is 0 Å². The molecule has 0 atom stereocenters. The predicted octanol–water partition coefficient (Wildman–Crippen LogP) is 4.47.